The lowest BCUT2D eigenvalue weighted by Gasteiger charge is -2.25. The Morgan fingerprint density at radius 1 is 0.528 bits per heavy atom. The lowest BCUT2D eigenvalue weighted by atomic mass is 9.96. The number of fused-ring (bicyclic) bond motifs is 11. The third-order valence-corrected chi connectivity index (χ3v) is 13.1. The Bertz CT molecular complexity index is 3350. The number of nitrogens with one attached hydrogen (secondary N) is 1. The molecule has 1 aliphatic rings. The molecule has 53 heavy (non-hydrogen) atoms. The fraction of sp³-hybridized carbons (Fsp3) is 0.0213. The van der Waals surface area contributed by atoms with Crippen molar-refractivity contribution in [2.24, 2.45) is 4.99 Å². The topological polar surface area (TPSA) is 42.2 Å². The minimum atomic E-state index is -0.300. The Hall–Kier alpha value is -6.34. The van der Waals surface area contributed by atoms with Crippen LogP contribution >= 0.6 is 22.7 Å². The monoisotopic (exact) mass is 712 g/mol. The minimum Gasteiger partial charge on any atom is -0.351 e. The molecule has 1 atom stereocenters. The average molecular weight is 713 g/mol. The van der Waals surface area contributed by atoms with Crippen molar-refractivity contribution in [3.05, 3.63) is 175 Å². The van der Waals surface area contributed by atoms with E-state index in [4.69, 9.17) is 9.98 Å². The maximum Gasteiger partial charge on any atom is 0.146 e. The zero-order valence-corrected chi connectivity index (χ0v) is 29.9. The summed E-state index contributed by atoms with van der Waals surface area (Å²) in [6.45, 7) is 0. The van der Waals surface area contributed by atoms with E-state index in [1.54, 1.807) is 11.3 Å². The fourth-order valence-corrected chi connectivity index (χ4v) is 10.8. The number of thiophene rings is 2. The van der Waals surface area contributed by atoms with Gasteiger partial charge in [0.2, 0.25) is 0 Å². The van der Waals surface area contributed by atoms with Crippen LogP contribution in [0.25, 0.3) is 79.4 Å². The lowest BCUT2D eigenvalue weighted by molar-refractivity contribution is 0.841. The van der Waals surface area contributed by atoms with E-state index in [-0.39, 0.29) is 6.17 Å². The van der Waals surface area contributed by atoms with Crippen molar-refractivity contribution in [3.63, 3.8) is 0 Å². The molecular weight excluding hydrogens is 685 g/mol. The highest BCUT2D eigenvalue weighted by atomic mass is 32.1. The minimum absolute atomic E-state index is 0.300. The van der Waals surface area contributed by atoms with Crippen LogP contribution in [0.15, 0.2) is 163 Å². The lowest BCUT2D eigenvalue weighted by Crippen LogP contribution is -2.19. The van der Waals surface area contributed by atoms with Crippen LogP contribution in [0.4, 0.5) is 5.00 Å². The standard InChI is InChI=1S/C47H28N4S2/c1-2-11-28-25-39-36(24-27(28)10-1)30-12-3-6-16-37(30)51(39)38-22-21-34(33-15-9-23-48-45(33)38)46-49-44(43-35-14-5-8-18-41(35)53-47(43)50-46)29-19-20-32-31-13-4-7-17-40(31)52-42(32)26-29/h1-26,46,50H. The fourth-order valence-electron chi connectivity index (χ4n) is 8.49. The zero-order valence-electron chi connectivity index (χ0n) is 28.2. The van der Waals surface area contributed by atoms with Crippen molar-refractivity contribution in [2.45, 2.75) is 6.17 Å². The number of aliphatic imine (C=N–C) groups is 1. The van der Waals surface area contributed by atoms with Gasteiger partial charge >= 0.3 is 0 Å². The number of para-hydroxylation sites is 1. The van der Waals surface area contributed by atoms with Crippen molar-refractivity contribution in [1.29, 1.82) is 0 Å². The molecule has 12 rings (SSSR count). The van der Waals surface area contributed by atoms with Crippen LogP contribution < -0.4 is 5.32 Å². The second-order valence-corrected chi connectivity index (χ2v) is 15.9. The van der Waals surface area contributed by atoms with Gasteiger partial charge in [-0.05, 0) is 59.3 Å². The number of rotatable bonds is 3. The maximum absolute atomic E-state index is 5.61. The van der Waals surface area contributed by atoms with Gasteiger partial charge in [0.15, 0.2) is 0 Å². The van der Waals surface area contributed by atoms with Crippen molar-refractivity contribution in [3.8, 4) is 5.69 Å². The zero-order chi connectivity index (χ0) is 34.6. The van der Waals surface area contributed by atoms with Gasteiger partial charge in [0, 0.05) is 69.3 Å². The molecule has 0 amide bonds. The molecule has 6 heteroatoms. The maximum atomic E-state index is 5.61. The van der Waals surface area contributed by atoms with Crippen LogP contribution in [0, 0.1) is 0 Å². The molecule has 0 saturated heterocycles. The number of hydrogen-bond acceptors (Lipinski definition) is 5. The molecule has 7 aromatic carbocycles. The quantitative estimate of drug-likeness (QED) is 0.198. The summed E-state index contributed by atoms with van der Waals surface area (Å²) in [4.78, 5) is 10.7. The molecule has 5 heterocycles. The summed E-state index contributed by atoms with van der Waals surface area (Å²) in [7, 11) is 0. The van der Waals surface area contributed by atoms with E-state index in [1.807, 2.05) is 23.6 Å². The van der Waals surface area contributed by atoms with Crippen molar-refractivity contribution in [2.75, 3.05) is 5.32 Å². The Labute approximate surface area is 311 Å². The number of pyridine rings is 1. The highest BCUT2D eigenvalue weighted by Gasteiger charge is 2.29. The Morgan fingerprint density at radius 2 is 1.25 bits per heavy atom. The van der Waals surface area contributed by atoms with Gasteiger partial charge in [0.05, 0.1) is 27.9 Å². The molecule has 0 bridgehead atoms. The molecule has 4 aromatic heterocycles. The first-order chi connectivity index (χ1) is 26.3. The third kappa shape index (κ3) is 4.28. The Morgan fingerprint density at radius 3 is 2.13 bits per heavy atom. The number of nitrogens with zero attached hydrogens (tertiary/aromatic N) is 3. The van der Waals surface area contributed by atoms with Crippen LogP contribution in [-0.4, -0.2) is 15.3 Å². The highest BCUT2D eigenvalue weighted by Crippen LogP contribution is 2.45. The largest absolute Gasteiger partial charge is 0.351 e. The average Bonchev–Trinajstić information content (AvgIpc) is 3.88. The third-order valence-electron chi connectivity index (χ3n) is 10.9. The summed E-state index contributed by atoms with van der Waals surface area (Å²) < 4.78 is 6.23. The normalized spacial score (nSPS) is 14.5. The van der Waals surface area contributed by atoms with E-state index in [0.29, 0.717) is 0 Å². The number of benzene rings is 7. The molecule has 0 fully saturated rings. The first-order valence-electron chi connectivity index (χ1n) is 17.8. The van der Waals surface area contributed by atoms with Gasteiger partial charge in [-0.15, -0.1) is 22.7 Å². The van der Waals surface area contributed by atoms with Gasteiger partial charge < -0.3 is 9.88 Å². The van der Waals surface area contributed by atoms with E-state index >= 15 is 0 Å². The molecule has 0 saturated carbocycles. The molecule has 4 nitrogen and oxygen atoms in total. The number of hydrogen-bond donors (Lipinski definition) is 1. The summed E-state index contributed by atoms with van der Waals surface area (Å²) >= 11 is 3.65. The molecule has 11 aromatic rings. The van der Waals surface area contributed by atoms with Crippen LogP contribution in [-0.2, 0) is 0 Å². The number of anilines is 1. The van der Waals surface area contributed by atoms with Crippen molar-refractivity contribution < 1.29 is 0 Å². The van der Waals surface area contributed by atoms with E-state index in [2.05, 4.69) is 155 Å². The summed E-state index contributed by atoms with van der Waals surface area (Å²) in [5.41, 5.74) is 8.79. The van der Waals surface area contributed by atoms with Gasteiger partial charge in [0.1, 0.15) is 11.2 Å². The van der Waals surface area contributed by atoms with Crippen LogP contribution in [0.1, 0.15) is 22.9 Å². The van der Waals surface area contributed by atoms with Crippen LogP contribution in [0.3, 0.4) is 0 Å². The summed E-state index contributed by atoms with van der Waals surface area (Å²) in [6, 6.07) is 55.0. The highest BCUT2D eigenvalue weighted by molar-refractivity contribution is 7.26. The molecule has 0 spiro atoms. The molecule has 1 aliphatic heterocycles. The number of aromatic nitrogens is 2. The van der Waals surface area contributed by atoms with Gasteiger partial charge in [-0.1, -0.05) is 103 Å². The van der Waals surface area contributed by atoms with Gasteiger partial charge in [-0.3, -0.25) is 9.98 Å². The van der Waals surface area contributed by atoms with Gasteiger partial charge in [0.25, 0.3) is 0 Å². The molecule has 1 unspecified atom stereocenters. The molecular formula is C47H28N4S2. The second-order valence-electron chi connectivity index (χ2n) is 13.8. The molecule has 0 aliphatic carbocycles. The molecule has 1 N–H and O–H groups in total. The molecule has 248 valence electrons. The van der Waals surface area contributed by atoms with Crippen molar-refractivity contribution >= 4 is 107 Å². The van der Waals surface area contributed by atoms with E-state index in [0.717, 1.165) is 38.4 Å². The molecule has 0 radical (unpaired) electrons. The Kier molecular flexibility index (Phi) is 6.12. The SMILES string of the molecule is c1ccc2cc3c(cc2c1)c1ccccc1n3-c1ccc(C2N=C(c3ccc4c(c3)sc3ccccc34)c3c(sc4ccccc34)N2)c2cccnc12. The first kappa shape index (κ1) is 29.3. The van der Waals surface area contributed by atoms with E-state index in [9.17, 15) is 0 Å². The van der Waals surface area contributed by atoms with E-state index < -0.39 is 0 Å². The van der Waals surface area contributed by atoms with Gasteiger partial charge in [-0.25, -0.2) is 0 Å². The smallest absolute Gasteiger partial charge is 0.146 e. The van der Waals surface area contributed by atoms with Gasteiger partial charge in [-0.2, -0.15) is 0 Å². The van der Waals surface area contributed by atoms with E-state index in [1.165, 1.54) is 68.4 Å². The van der Waals surface area contributed by atoms with Crippen LogP contribution in [0.2, 0.25) is 0 Å². The first-order valence-corrected chi connectivity index (χ1v) is 19.5. The predicted octanol–water partition coefficient (Wildman–Crippen LogP) is 13.0. The van der Waals surface area contributed by atoms with Crippen molar-refractivity contribution in [1.82, 2.24) is 9.55 Å². The summed E-state index contributed by atoms with van der Waals surface area (Å²) in [5, 5.41) is 14.9. The van der Waals surface area contributed by atoms with Crippen LogP contribution in [0.5, 0.6) is 0 Å². The Balaban J connectivity index is 1.08. The summed E-state index contributed by atoms with van der Waals surface area (Å²) in [6.07, 6.45) is 1.61. The second kappa shape index (κ2) is 11.1. The summed E-state index contributed by atoms with van der Waals surface area (Å²) in [5.74, 6) is 0. The predicted molar refractivity (Wildman–Crippen MR) is 227 cm³/mol.